The van der Waals surface area contributed by atoms with Gasteiger partial charge >= 0.3 is 0 Å². The maximum atomic E-state index is 13.7. The molecule has 0 unspecified atom stereocenters. The van der Waals surface area contributed by atoms with Crippen LogP contribution in [0.25, 0.3) is 27.7 Å². The highest BCUT2D eigenvalue weighted by Crippen LogP contribution is 2.36. The number of amides is 2. The molecule has 348 valence electrons. The van der Waals surface area contributed by atoms with Crippen LogP contribution in [0.3, 0.4) is 0 Å². The normalized spacial score (nSPS) is 18.7. The van der Waals surface area contributed by atoms with Gasteiger partial charge in [-0.15, -0.1) is 0 Å². The number of aromatic nitrogens is 5. The van der Waals surface area contributed by atoms with Crippen molar-refractivity contribution in [3.63, 3.8) is 0 Å². The Bertz CT molecular complexity index is 3040. The van der Waals surface area contributed by atoms with E-state index < -0.39 is 11.6 Å². The van der Waals surface area contributed by atoms with Crippen molar-refractivity contribution in [3.8, 4) is 11.3 Å². The van der Waals surface area contributed by atoms with Gasteiger partial charge < -0.3 is 37.7 Å². The number of nitrogens with zero attached hydrogens (tertiary/aromatic N) is 4. The number of H-pyrrole nitrogens is 1. The third kappa shape index (κ3) is 10.5. The number of halogens is 4. The largest absolute Gasteiger partial charge is 0.396 e. The molecule has 10 rings (SSSR count). The molecular formula is C51H49Cl2F2N11O2. The lowest BCUT2D eigenvalue weighted by molar-refractivity contribution is 0.0917. The third-order valence-electron chi connectivity index (χ3n) is 12.6. The fourth-order valence-electron chi connectivity index (χ4n) is 9.17. The zero-order valence-corrected chi connectivity index (χ0v) is 38.3. The quantitative estimate of drug-likeness (QED) is 0.0647. The maximum absolute atomic E-state index is 13.7. The highest BCUT2D eigenvalue weighted by Gasteiger charge is 2.27. The number of carbonyl (C=O) groups excluding carboxylic acids is 2. The third-order valence-corrected chi connectivity index (χ3v) is 13.2. The smallest absolute Gasteiger partial charge is 0.251 e. The Labute approximate surface area is 401 Å². The van der Waals surface area contributed by atoms with Gasteiger partial charge in [0, 0.05) is 63.5 Å². The zero-order valence-electron chi connectivity index (χ0n) is 36.8. The van der Waals surface area contributed by atoms with E-state index in [0.717, 1.165) is 90.7 Å². The Morgan fingerprint density at radius 1 is 0.647 bits per heavy atom. The summed E-state index contributed by atoms with van der Waals surface area (Å²) in [6.45, 7) is 0. The first-order chi connectivity index (χ1) is 32.9. The average Bonchev–Trinajstić information content (AvgIpc) is 3.97. The van der Waals surface area contributed by atoms with E-state index in [4.69, 9.17) is 44.6 Å². The van der Waals surface area contributed by atoms with Crippen molar-refractivity contribution < 1.29 is 18.4 Å². The summed E-state index contributed by atoms with van der Waals surface area (Å²) in [5.41, 5.74) is 18.3. The molecule has 7 aromatic rings. The van der Waals surface area contributed by atoms with Crippen molar-refractivity contribution in [2.75, 3.05) is 22.1 Å². The number of allylic oxidation sites excluding steroid dienone is 1. The molecule has 3 aromatic heterocycles. The van der Waals surface area contributed by atoms with Crippen molar-refractivity contribution >= 4 is 74.8 Å². The Morgan fingerprint density at radius 3 is 1.78 bits per heavy atom. The number of nitrogen functional groups attached to an aromatic ring is 2. The van der Waals surface area contributed by atoms with Gasteiger partial charge in [-0.2, -0.15) is 0 Å². The fourth-order valence-corrected chi connectivity index (χ4v) is 9.55. The minimum absolute atomic E-state index is 0.0217. The molecular weight excluding hydrogens is 908 g/mol. The number of hydrogen-bond acceptors (Lipinski definition) is 10. The molecule has 4 aromatic carbocycles. The number of rotatable bonds is 10. The van der Waals surface area contributed by atoms with E-state index in [1.165, 1.54) is 35.9 Å². The minimum Gasteiger partial charge on any atom is -0.396 e. The van der Waals surface area contributed by atoms with Crippen LogP contribution in [-0.2, 0) is 6.42 Å². The van der Waals surface area contributed by atoms with Crippen LogP contribution in [0.1, 0.15) is 88.9 Å². The van der Waals surface area contributed by atoms with Gasteiger partial charge in [0.25, 0.3) is 11.8 Å². The molecule has 0 saturated heterocycles. The molecule has 2 fully saturated rings. The minimum atomic E-state index is -0.596. The van der Waals surface area contributed by atoms with Gasteiger partial charge in [-0.1, -0.05) is 71.7 Å². The van der Waals surface area contributed by atoms with Crippen LogP contribution in [0, 0.1) is 11.6 Å². The molecule has 13 nitrogen and oxygen atoms in total. The fraction of sp³-hybridized carbons (Fsp3) is 0.255. The average molecular weight is 957 g/mol. The van der Waals surface area contributed by atoms with E-state index in [1.54, 1.807) is 12.4 Å². The first-order valence-corrected chi connectivity index (χ1v) is 23.4. The molecule has 0 bridgehead atoms. The molecule has 3 aliphatic carbocycles. The zero-order chi connectivity index (χ0) is 47.3. The number of para-hydroxylation sites is 1. The number of nitrogens with two attached hydrogens (primary N) is 2. The molecule has 3 heterocycles. The molecule has 0 spiro atoms. The summed E-state index contributed by atoms with van der Waals surface area (Å²) in [4.78, 5) is 46.6. The first kappa shape index (κ1) is 46.0. The number of nitrogens with one attached hydrogen (secondary N) is 5. The topological polar surface area (TPSA) is 202 Å². The number of carbonyl (C=O) groups is 2. The molecule has 4 atom stereocenters. The number of benzene rings is 4. The lowest BCUT2D eigenvalue weighted by Gasteiger charge is -2.30. The standard InChI is InChI=1S/C26H25ClFN5O.C25H24ClFN6O/c27-21-14-30-26(33-24(21)20-10-8-15-4-1-2-7-19(15)20)32-18-6-3-5-17(13-18)31-25(34)16-9-11-23(29)22(28)12-16;26-19-13-30-25(33-23(19)18-12-29-22-7-2-1-6-17(18)22)32-16-5-3-4-15(11-16)31-24(34)14-8-9-21(28)20(27)10-14/h1-2,4,7,9-12,14,17-18H,3,5-6,8,13,29H2,(H,31,34)(H,30,32,33);1-2,6-10,12-13,15-16,29H,3-5,11,28H2,(H,31,34)(H,30,32,33)/t17-,18+;15-,16+/m00/s1. The lowest BCUT2D eigenvalue weighted by atomic mass is 9.91. The monoisotopic (exact) mass is 955 g/mol. The number of fused-ring (bicyclic) bond motifs is 2. The molecule has 9 N–H and O–H groups in total. The van der Waals surface area contributed by atoms with Crippen molar-refractivity contribution in [2.45, 2.75) is 82.0 Å². The van der Waals surface area contributed by atoms with Crippen molar-refractivity contribution in [3.05, 3.63) is 159 Å². The number of hydrogen-bond donors (Lipinski definition) is 7. The molecule has 0 radical (unpaired) electrons. The molecule has 0 aliphatic heterocycles. The molecule has 2 amide bonds. The molecule has 68 heavy (non-hydrogen) atoms. The van der Waals surface area contributed by atoms with Gasteiger partial charge in [0.15, 0.2) is 0 Å². The van der Waals surface area contributed by atoms with Crippen LogP contribution in [0.5, 0.6) is 0 Å². The SMILES string of the molecule is Nc1ccc(C(=O)N[C@H]2CCC[C@@H](Nc3ncc(Cl)c(-c4c[nH]c5ccccc45)n3)C2)cc1F.Nc1ccc(C(=O)N[C@H]2CCC[C@@H](Nc3ncc(Cl)c(C4=CCc5ccccc54)n3)C2)cc1F. The van der Waals surface area contributed by atoms with Gasteiger partial charge in [0.05, 0.1) is 45.2 Å². The van der Waals surface area contributed by atoms with Crippen molar-refractivity contribution in [1.29, 1.82) is 0 Å². The van der Waals surface area contributed by atoms with E-state index >= 15 is 0 Å². The summed E-state index contributed by atoms with van der Waals surface area (Å²) in [6.07, 6.45) is 15.0. The Balaban J connectivity index is 0.000000170. The molecule has 2 saturated carbocycles. The van der Waals surface area contributed by atoms with Crippen molar-refractivity contribution in [2.24, 2.45) is 0 Å². The van der Waals surface area contributed by atoms with Crippen LogP contribution >= 0.6 is 23.2 Å². The number of aromatic amines is 1. The predicted octanol–water partition coefficient (Wildman–Crippen LogP) is 10.1. The molecule has 17 heteroatoms. The highest BCUT2D eigenvalue weighted by molar-refractivity contribution is 6.33. The van der Waals surface area contributed by atoms with Gasteiger partial charge in [-0.3, -0.25) is 9.59 Å². The van der Waals surface area contributed by atoms with E-state index in [2.05, 4.69) is 54.4 Å². The summed E-state index contributed by atoms with van der Waals surface area (Å²) < 4.78 is 27.5. The van der Waals surface area contributed by atoms with E-state index in [1.807, 2.05) is 42.6 Å². The van der Waals surface area contributed by atoms with Crippen LogP contribution in [0.4, 0.5) is 32.1 Å². The van der Waals surface area contributed by atoms with Crippen molar-refractivity contribution in [1.82, 2.24) is 35.6 Å². The van der Waals surface area contributed by atoms with E-state index in [-0.39, 0.29) is 58.5 Å². The lowest BCUT2D eigenvalue weighted by Crippen LogP contribution is -2.42. The van der Waals surface area contributed by atoms with Crippen LogP contribution < -0.4 is 32.7 Å². The van der Waals surface area contributed by atoms with E-state index in [0.29, 0.717) is 34.1 Å². The first-order valence-electron chi connectivity index (χ1n) is 22.6. The van der Waals surface area contributed by atoms with Gasteiger partial charge in [0.2, 0.25) is 11.9 Å². The van der Waals surface area contributed by atoms with Gasteiger partial charge in [0.1, 0.15) is 11.6 Å². The number of anilines is 4. The molecule has 3 aliphatic rings. The Hall–Kier alpha value is -7.10. The Kier molecular flexibility index (Phi) is 13.8. The second kappa shape index (κ2) is 20.4. The summed E-state index contributed by atoms with van der Waals surface area (Å²) in [5.74, 6) is -0.798. The highest BCUT2D eigenvalue weighted by atomic mass is 35.5. The van der Waals surface area contributed by atoms with E-state index in [9.17, 15) is 18.4 Å². The van der Waals surface area contributed by atoms with Crippen LogP contribution in [0.2, 0.25) is 10.0 Å². The summed E-state index contributed by atoms with van der Waals surface area (Å²) >= 11 is 12.9. The van der Waals surface area contributed by atoms with Crippen LogP contribution in [0.15, 0.2) is 110 Å². The van der Waals surface area contributed by atoms with Crippen LogP contribution in [-0.4, -0.2) is 60.9 Å². The maximum Gasteiger partial charge on any atom is 0.251 e. The summed E-state index contributed by atoms with van der Waals surface area (Å²) in [6, 6.07) is 24.5. The van der Waals surface area contributed by atoms with Gasteiger partial charge in [-0.25, -0.2) is 28.7 Å². The second-order valence-corrected chi connectivity index (χ2v) is 18.2. The predicted molar refractivity (Wildman–Crippen MR) is 264 cm³/mol. The summed E-state index contributed by atoms with van der Waals surface area (Å²) in [7, 11) is 0. The van der Waals surface area contributed by atoms with Gasteiger partial charge in [-0.05, 0) is 111 Å². The second-order valence-electron chi connectivity index (χ2n) is 17.3. The summed E-state index contributed by atoms with van der Waals surface area (Å²) in [5, 5.41) is 14.9. The Morgan fingerprint density at radius 2 is 1.18 bits per heavy atom.